The van der Waals surface area contributed by atoms with Crippen LogP contribution in [0.25, 0.3) is 0 Å². The van der Waals surface area contributed by atoms with Crippen molar-refractivity contribution in [3.05, 3.63) is 35.9 Å². The van der Waals surface area contributed by atoms with Gasteiger partial charge in [0.25, 0.3) is 0 Å². The van der Waals surface area contributed by atoms with E-state index in [2.05, 4.69) is 41.4 Å². The summed E-state index contributed by atoms with van der Waals surface area (Å²) in [5.74, 6) is 1.63. The van der Waals surface area contributed by atoms with Crippen LogP contribution in [-0.2, 0) is 16.1 Å². The predicted molar refractivity (Wildman–Crippen MR) is 107 cm³/mol. The number of aliphatic imine (C=N–C) groups is 1. The Morgan fingerprint density at radius 3 is 2.81 bits per heavy atom. The Morgan fingerprint density at radius 2 is 2.04 bits per heavy atom. The van der Waals surface area contributed by atoms with E-state index in [9.17, 15) is 0 Å². The first kappa shape index (κ1) is 20.7. The number of nitrogens with one attached hydrogen (secondary N) is 1. The van der Waals surface area contributed by atoms with Gasteiger partial charge < -0.3 is 19.7 Å². The smallest absolute Gasteiger partial charge is 0.193 e. The van der Waals surface area contributed by atoms with Crippen LogP contribution in [0.4, 0.5) is 0 Å². The maximum atomic E-state index is 5.93. The van der Waals surface area contributed by atoms with Crippen molar-refractivity contribution in [2.75, 3.05) is 46.0 Å². The van der Waals surface area contributed by atoms with Crippen molar-refractivity contribution in [2.24, 2.45) is 10.9 Å². The van der Waals surface area contributed by atoms with Gasteiger partial charge in [-0.05, 0) is 38.7 Å². The van der Waals surface area contributed by atoms with Gasteiger partial charge in [0.15, 0.2) is 5.96 Å². The average Bonchev–Trinajstić information content (AvgIpc) is 3.13. The summed E-state index contributed by atoms with van der Waals surface area (Å²) in [6.07, 6.45) is 3.32. The zero-order valence-corrected chi connectivity index (χ0v) is 16.5. The standard InChI is InChI=1S/C21H35N3O2/c1-3-22-21(23-13-8-9-15-25-4-2)24-14-12-20(16-24)18-26-17-19-10-6-5-7-11-19/h5-7,10-11,20H,3-4,8-9,12-18H2,1-2H3,(H,22,23). The Hall–Kier alpha value is -1.59. The number of ether oxygens (including phenoxy) is 2. The van der Waals surface area contributed by atoms with Crippen LogP contribution in [0, 0.1) is 5.92 Å². The van der Waals surface area contributed by atoms with Crippen molar-refractivity contribution in [3.63, 3.8) is 0 Å². The van der Waals surface area contributed by atoms with Crippen molar-refractivity contribution < 1.29 is 9.47 Å². The van der Waals surface area contributed by atoms with Crippen molar-refractivity contribution >= 4 is 5.96 Å². The lowest BCUT2D eigenvalue weighted by molar-refractivity contribution is 0.0906. The molecule has 2 rings (SSSR count). The van der Waals surface area contributed by atoms with E-state index >= 15 is 0 Å². The maximum absolute atomic E-state index is 5.93. The minimum Gasteiger partial charge on any atom is -0.382 e. The van der Waals surface area contributed by atoms with Crippen molar-refractivity contribution in [1.29, 1.82) is 0 Å². The molecule has 0 aromatic heterocycles. The van der Waals surface area contributed by atoms with Gasteiger partial charge >= 0.3 is 0 Å². The molecule has 5 heteroatoms. The minimum atomic E-state index is 0.584. The van der Waals surface area contributed by atoms with E-state index in [0.29, 0.717) is 12.5 Å². The van der Waals surface area contributed by atoms with Crippen LogP contribution < -0.4 is 5.32 Å². The molecule has 1 aromatic carbocycles. The van der Waals surface area contributed by atoms with Crippen LogP contribution in [0.15, 0.2) is 35.3 Å². The second-order valence-electron chi connectivity index (χ2n) is 6.74. The first-order chi connectivity index (χ1) is 12.8. The lowest BCUT2D eigenvalue weighted by Gasteiger charge is -2.21. The molecule has 0 saturated carbocycles. The molecule has 1 aliphatic heterocycles. The van der Waals surface area contributed by atoms with Gasteiger partial charge in [-0.2, -0.15) is 0 Å². The molecule has 0 bridgehead atoms. The quantitative estimate of drug-likeness (QED) is 0.373. The molecule has 5 nitrogen and oxygen atoms in total. The molecule has 1 fully saturated rings. The van der Waals surface area contributed by atoms with Crippen molar-refractivity contribution in [2.45, 2.75) is 39.7 Å². The van der Waals surface area contributed by atoms with Crippen LogP contribution in [0.1, 0.15) is 38.7 Å². The predicted octanol–water partition coefficient (Wildman–Crippen LogP) is 3.31. The third kappa shape index (κ3) is 7.75. The van der Waals surface area contributed by atoms with Gasteiger partial charge in [0.2, 0.25) is 0 Å². The summed E-state index contributed by atoms with van der Waals surface area (Å²) in [5, 5.41) is 3.43. The molecule has 1 aliphatic rings. The third-order valence-electron chi connectivity index (χ3n) is 4.55. The van der Waals surface area contributed by atoms with E-state index in [0.717, 1.165) is 64.8 Å². The van der Waals surface area contributed by atoms with Gasteiger partial charge in [-0.1, -0.05) is 30.3 Å². The van der Waals surface area contributed by atoms with E-state index in [1.54, 1.807) is 0 Å². The molecule has 0 radical (unpaired) electrons. The van der Waals surface area contributed by atoms with Gasteiger partial charge in [-0.15, -0.1) is 0 Å². The Balaban J connectivity index is 1.69. The fourth-order valence-electron chi connectivity index (χ4n) is 3.15. The zero-order valence-electron chi connectivity index (χ0n) is 16.5. The Bertz CT molecular complexity index is 507. The molecular weight excluding hydrogens is 326 g/mol. The summed E-state index contributed by atoms with van der Waals surface area (Å²) in [7, 11) is 0. The van der Waals surface area contributed by atoms with Gasteiger partial charge in [-0.3, -0.25) is 4.99 Å². The van der Waals surface area contributed by atoms with Gasteiger partial charge in [0, 0.05) is 45.3 Å². The largest absolute Gasteiger partial charge is 0.382 e. The maximum Gasteiger partial charge on any atom is 0.193 e. The number of unbranched alkanes of at least 4 members (excludes halogenated alkanes) is 1. The molecular formula is C21H35N3O2. The molecule has 0 aliphatic carbocycles. The van der Waals surface area contributed by atoms with Crippen LogP contribution in [0.2, 0.25) is 0 Å². The van der Waals surface area contributed by atoms with E-state index in [-0.39, 0.29) is 0 Å². The van der Waals surface area contributed by atoms with Gasteiger partial charge in [-0.25, -0.2) is 0 Å². The lowest BCUT2D eigenvalue weighted by atomic mass is 10.1. The number of rotatable bonds is 11. The second-order valence-corrected chi connectivity index (χ2v) is 6.74. The molecule has 1 N–H and O–H groups in total. The monoisotopic (exact) mass is 361 g/mol. The van der Waals surface area contributed by atoms with Crippen LogP contribution in [0.5, 0.6) is 0 Å². The molecule has 0 amide bonds. The van der Waals surface area contributed by atoms with Crippen molar-refractivity contribution in [1.82, 2.24) is 10.2 Å². The summed E-state index contributed by atoms with van der Waals surface area (Å²) in [6, 6.07) is 10.4. The summed E-state index contributed by atoms with van der Waals surface area (Å²) in [4.78, 5) is 7.17. The first-order valence-corrected chi connectivity index (χ1v) is 10.1. The van der Waals surface area contributed by atoms with E-state index in [1.807, 2.05) is 13.0 Å². The number of nitrogens with zero attached hydrogens (tertiary/aromatic N) is 2. The molecule has 146 valence electrons. The van der Waals surface area contributed by atoms with E-state index < -0.39 is 0 Å². The number of hydrogen-bond donors (Lipinski definition) is 1. The first-order valence-electron chi connectivity index (χ1n) is 10.1. The minimum absolute atomic E-state index is 0.584. The fraction of sp³-hybridized carbons (Fsp3) is 0.667. The number of benzene rings is 1. The molecule has 0 spiro atoms. The van der Waals surface area contributed by atoms with Gasteiger partial charge in [0.05, 0.1) is 13.2 Å². The molecule has 1 aromatic rings. The zero-order chi connectivity index (χ0) is 18.5. The molecule has 1 atom stereocenters. The fourth-order valence-corrected chi connectivity index (χ4v) is 3.15. The third-order valence-corrected chi connectivity index (χ3v) is 4.55. The SMILES string of the molecule is CCNC(=NCCCCOCC)N1CCC(COCc2ccccc2)C1. The number of likely N-dealkylation sites (tertiary alicyclic amines) is 1. The molecule has 26 heavy (non-hydrogen) atoms. The van der Waals surface area contributed by atoms with Crippen LogP contribution in [0.3, 0.4) is 0 Å². The Kier molecular flexibility index (Phi) is 10.1. The van der Waals surface area contributed by atoms with E-state index in [4.69, 9.17) is 14.5 Å². The highest BCUT2D eigenvalue weighted by atomic mass is 16.5. The molecule has 1 unspecified atom stereocenters. The number of guanidine groups is 1. The van der Waals surface area contributed by atoms with Gasteiger partial charge in [0.1, 0.15) is 0 Å². The summed E-state index contributed by atoms with van der Waals surface area (Å²) in [5.41, 5.74) is 1.24. The second kappa shape index (κ2) is 12.7. The summed E-state index contributed by atoms with van der Waals surface area (Å²) < 4.78 is 11.3. The highest BCUT2D eigenvalue weighted by Gasteiger charge is 2.24. The summed E-state index contributed by atoms with van der Waals surface area (Å²) >= 11 is 0. The Morgan fingerprint density at radius 1 is 1.19 bits per heavy atom. The Labute approximate surface area is 158 Å². The lowest BCUT2D eigenvalue weighted by Crippen LogP contribution is -2.40. The topological polar surface area (TPSA) is 46.1 Å². The number of hydrogen-bond acceptors (Lipinski definition) is 3. The van der Waals surface area contributed by atoms with Crippen LogP contribution >= 0.6 is 0 Å². The van der Waals surface area contributed by atoms with Crippen molar-refractivity contribution in [3.8, 4) is 0 Å². The average molecular weight is 362 g/mol. The highest BCUT2D eigenvalue weighted by Crippen LogP contribution is 2.17. The molecule has 1 heterocycles. The normalized spacial score (nSPS) is 17.7. The van der Waals surface area contributed by atoms with E-state index in [1.165, 1.54) is 12.0 Å². The highest BCUT2D eigenvalue weighted by molar-refractivity contribution is 5.80. The van der Waals surface area contributed by atoms with Crippen LogP contribution in [-0.4, -0.2) is 56.9 Å². The summed E-state index contributed by atoms with van der Waals surface area (Å²) in [6.45, 7) is 11.2. The molecule has 1 saturated heterocycles.